The number of pyridine rings is 2. The number of nitrogens with one attached hydrogen (secondary N) is 4. The summed E-state index contributed by atoms with van der Waals surface area (Å²) in [7, 11) is 0. The Hall–Kier alpha value is -2.45. The SMILES string of the molecule is CC(C)CCC(=O)N1[C@@H]2CCC[C@H]1CC(Nc1nc(NC3CC(C)NN3)cc3ncccc13)C2. The highest BCUT2D eigenvalue weighted by Crippen LogP contribution is 2.37. The molecule has 0 saturated carbocycles. The third-order valence-electron chi connectivity index (χ3n) is 7.55. The van der Waals surface area contributed by atoms with Crippen molar-refractivity contribution in [1.29, 1.82) is 0 Å². The summed E-state index contributed by atoms with van der Waals surface area (Å²) in [5.41, 5.74) is 7.47. The molecule has 2 aromatic rings. The number of hydrogen-bond acceptors (Lipinski definition) is 7. The number of piperidine rings is 2. The maximum atomic E-state index is 13.1. The zero-order chi connectivity index (χ0) is 23.7. The molecule has 3 saturated heterocycles. The molecular formula is C26H39N7O. The predicted octanol–water partition coefficient (Wildman–Crippen LogP) is 4.01. The number of amides is 1. The fourth-order valence-electron chi connectivity index (χ4n) is 5.89. The fraction of sp³-hybridized carbons (Fsp3) is 0.654. The highest BCUT2D eigenvalue weighted by molar-refractivity contribution is 5.91. The Balaban J connectivity index is 1.32. The quantitative estimate of drug-likeness (QED) is 0.491. The van der Waals surface area contributed by atoms with Gasteiger partial charge in [-0.1, -0.05) is 13.8 Å². The van der Waals surface area contributed by atoms with Gasteiger partial charge in [0.15, 0.2) is 0 Å². The first-order chi connectivity index (χ1) is 16.5. The summed E-state index contributed by atoms with van der Waals surface area (Å²) in [5.74, 6) is 2.63. The Kier molecular flexibility index (Phi) is 6.88. The number of nitrogens with zero attached hydrogens (tertiary/aromatic N) is 3. The molecule has 3 aliphatic rings. The number of anilines is 2. The van der Waals surface area contributed by atoms with Gasteiger partial charge in [0.1, 0.15) is 11.6 Å². The summed E-state index contributed by atoms with van der Waals surface area (Å²) in [4.78, 5) is 24.9. The molecule has 1 amide bonds. The summed E-state index contributed by atoms with van der Waals surface area (Å²) < 4.78 is 0. The van der Waals surface area contributed by atoms with Gasteiger partial charge in [0.05, 0.1) is 11.7 Å². The Morgan fingerprint density at radius 1 is 1.18 bits per heavy atom. The summed E-state index contributed by atoms with van der Waals surface area (Å²) in [5, 5.41) is 8.32. The lowest BCUT2D eigenvalue weighted by Crippen LogP contribution is -2.57. The molecule has 2 aromatic heterocycles. The average molecular weight is 466 g/mol. The minimum atomic E-state index is 0.135. The zero-order valence-corrected chi connectivity index (χ0v) is 20.7. The topological polar surface area (TPSA) is 94.2 Å². The van der Waals surface area contributed by atoms with E-state index >= 15 is 0 Å². The third-order valence-corrected chi connectivity index (χ3v) is 7.55. The monoisotopic (exact) mass is 465 g/mol. The Bertz CT molecular complexity index is 998. The molecule has 8 nitrogen and oxygen atoms in total. The van der Waals surface area contributed by atoms with Crippen LogP contribution in [0.4, 0.5) is 11.6 Å². The van der Waals surface area contributed by atoms with Crippen LogP contribution in [-0.4, -0.2) is 51.1 Å². The molecule has 34 heavy (non-hydrogen) atoms. The van der Waals surface area contributed by atoms with Gasteiger partial charge in [0.25, 0.3) is 0 Å². The van der Waals surface area contributed by atoms with Crippen molar-refractivity contribution >= 4 is 28.4 Å². The molecule has 5 atom stereocenters. The van der Waals surface area contributed by atoms with Crippen LogP contribution in [0.25, 0.3) is 10.9 Å². The predicted molar refractivity (Wildman–Crippen MR) is 136 cm³/mol. The van der Waals surface area contributed by atoms with E-state index in [4.69, 9.17) is 4.98 Å². The summed E-state index contributed by atoms with van der Waals surface area (Å²) in [6.45, 7) is 6.55. The van der Waals surface area contributed by atoms with Crippen molar-refractivity contribution in [3.8, 4) is 0 Å². The largest absolute Gasteiger partial charge is 0.367 e. The molecular weight excluding hydrogens is 426 g/mol. The van der Waals surface area contributed by atoms with Crippen molar-refractivity contribution in [2.24, 2.45) is 5.92 Å². The van der Waals surface area contributed by atoms with Crippen molar-refractivity contribution in [1.82, 2.24) is 25.7 Å². The minimum Gasteiger partial charge on any atom is -0.367 e. The number of aromatic nitrogens is 2. The fourth-order valence-corrected chi connectivity index (χ4v) is 5.89. The van der Waals surface area contributed by atoms with E-state index < -0.39 is 0 Å². The van der Waals surface area contributed by atoms with E-state index in [0.717, 1.165) is 61.1 Å². The highest BCUT2D eigenvalue weighted by Gasteiger charge is 2.40. The molecule has 0 spiro atoms. The van der Waals surface area contributed by atoms with Crippen LogP contribution in [0.15, 0.2) is 24.4 Å². The average Bonchev–Trinajstić information content (AvgIpc) is 3.21. The molecule has 3 unspecified atom stereocenters. The minimum absolute atomic E-state index is 0.135. The third kappa shape index (κ3) is 5.13. The van der Waals surface area contributed by atoms with Crippen LogP contribution in [0, 0.1) is 5.92 Å². The molecule has 3 aliphatic heterocycles. The highest BCUT2D eigenvalue weighted by atomic mass is 16.2. The van der Waals surface area contributed by atoms with E-state index in [2.05, 4.69) is 58.2 Å². The molecule has 0 aliphatic carbocycles. The van der Waals surface area contributed by atoms with Gasteiger partial charge in [-0.3, -0.25) is 15.2 Å². The molecule has 4 N–H and O–H groups in total. The van der Waals surface area contributed by atoms with Gasteiger partial charge in [-0.25, -0.2) is 10.4 Å². The van der Waals surface area contributed by atoms with Gasteiger partial charge < -0.3 is 15.5 Å². The van der Waals surface area contributed by atoms with E-state index in [9.17, 15) is 4.79 Å². The Morgan fingerprint density at radius 2 is 1.97 bits per heavy atom. The van der Waals surface area contributed by atoms with Crippen LogP contribution >= 0.6 is 0 Å². The Morgan fingerprint density at radius 3 is 2.68 bits per heavy atom. The smallest absolute Gasteiger partial charge is 0.223 e. The molecule has 3 fully saturated rings. The van der Waals surface area contributed by atoms with E-state index in [1.54, 1.807) is 0 Å². The number of hydrogen-bond donors (Lipinski definition) is 4. The van der Waals surface area contributed by atoms with E-state index in [1.165, 1.54) is 6.42 Å². The first kappa shape index (κ1) is 23.3. The van der Waals surface area contributed by atoms with E-state index in [0.29, 0.717) is 42.4 Å². The molecule has 8 heteroatoms. The maximum Gasteiger partial charge on any atom is 0.223 e. The molecule has 5 heterocycles. The van der Waals surface area contributed by atoms with Gasteiger partial charge in [0, 0.05) is 48.2 Å². The number of carbonyl (C=O) groups is 1. The molecule has 0 radical (unpaired) electrons. The summed E-state index contributed by atoms with van der Waals surface area (Å²) in [6.07, 6.45) is 10.0. The van der Waals surface area contributed by atoms with Crippen LogP contribution < -0.4 is 21.5 Å². The van der Waals surface area contributed by atoms with Gasteiger partial charge >= 0.3 is 0 Å². The van der Waals surface area contributed by atoms with Crippen LogP contribution in [0.3, 0.4) is 0 Å². The summed E-state index contributed by atoms with van der Waals surface area (Å²) in [6, 6.07) is 7.48. The Labute approximate surface area is 202 Å². The van der Waals surface area contributed by atoms with Gasteiger partial charge in [-0.15, -0.1) is 0 Å². The van der Waals surface area contributed by atoms with Crippen molar-refractivity contribution in [3.63, 3.8) is 0 Å². The molecule has 184 valence electrons. The molecule has 2 bridgehead atoms. The lowest BCUT2D eigenvalue weighted by molar-refractivity contribution is -0.141. The number of rotatable bonds is 7. The van der Waals surface area contributed by atoms with E-state index in [1.807, 2.05) is 18.3 Å². The summed E-state index contributed by atoms with van der Waals surface area (Å²) >= 11 is 0. The van der Waals surface area contributed by atoms with Crippen LogP contribution in [0.5, 0.6) is 0 Å². The lowest BCUT2D eigenvalue weighted by atomic mass is 9.81. The van der Waals surface area contributed by atoms with Gasteiger partial charge in [-0.05, 0) is 69.9 Å². The van der Waals surface area contributed by atoms with Gasteiger partial charge in [-0.2, -0.15) is 0 Å². The normalized spacial score (nSPS) is 28.9. The van der Waals surface area contributed by atoms with Crippen molar-refractivity contribution in [2.45, 2.75) is 102 Å². The van der Waals surface area contributed by atoms with Crippen molar-refractivity contribution in [2.75, 3.05) is 10.6 Å². The number of hydrazine groups is 1. The second kappa shape index (κ2) is 10.0. The molecule has 5 rings (SSSR count). The lowest BCUT2D eigenvalue weighted by Gasteiger charge is -2.49. The van der Waals surface area contributed by atoms with E-state index in [-0.39, 0.29) is 6.17 Å². The second-order valence-electron chi connectivity index (χ2n) is 10.8. The number of fused-ring (bicyclic) bond motifs is 3. The van der Waals surface area contributed by atoms with Crippen molar-refractivity contribution in [3.05, 3.63) is 24.4 Å². The van der Waals surface area contributed by atoms with Crippen molar-refractivity contribution < 1.29 is 4.79 Å². The second-order valence-corrected chi connectivity index (χ2v) is 10.8. The van der Waals surface area contributed by atoms with Crippen LogP contribution in [0.1, 0.15) is 72.1 Å². The standard InChI is InChI=1S/C26H39N7O/c1-16(2)9-10-25(34)33-19-6-4-7-20(33)14-18(13-19)28-26-21-8-5-11-27-22(21)15-23(30-26)29-24-12-17(3)31-32-24/h5,8,11,15-20,24,31-32H,4,6-7,9-10,12-14H2,1-3H3,(H2,28,29,30)/t17?,18?,19-,20+,24?. The first-order valence-corrected chi connectivity index (χ1v) is 13.1. The molecule has 0 aromatic carbocycles. The zero-order valence-electron chi connectivity index (χ0n) is 20.7. The van der Waals surface area contributed by atoms with Crippen LogP contribution in [-0.2, 0) is 4.79 Å². The maximum absolute atomic E-state index is 13.1. The van der Waals surface area contributed by atoms with Gasteiger partial charge in [0.2, 0.25) is 5.91 Å². The number of carbonyl (C=O) groups excluding carboxylic acids is 1. The van der Waals surface area contributed by atoms with Crippen LogP contribution in [0.2, 0.25) is 0 Å². The first-order valence-electron chi connectivity index (χ1n) is 13.1.